The second-order valence-electron chi connectivity index (χ2n) is 7.04. The third-order valence-electron chi connectivity index (χ3n) is 4.57. The number of hydrogen-bond acceptors (Lipinski definition) is 2. The van der Waals surface area contributed by atoms with Crippen LogP contribution in [0.25, 0.3) is 0 Å². The zero-order valence-corrected chi connectivity index (χ0v) is 15.8. The molecule has 0 saturated heterocycles. The quantitative estimate of drug-likeness (QED) is 0.726. The molecule has 0 radical (unpaired) electrons. The molecule has 0 aliphatic carbocycles. The lowest BCUT2D eigenvalue weighted by Gasteiger charge is -2.20. The molecule has 0 unspecified atom stereocenters. The molecule has 0 fully saturated rings. The smallest absolute Gasteiger partial charge is 0.275 e. The maximum Gasteiger partial charge on any atom is 0.275 e. The highest BCUT2D eigenvalue weighted by Crippen LogP contribution is 2.16. The maximum atomic E-state index is 12.4. The summed E-state index contributed by atoms with van der Waals surface area (Å²) in [6.45, 7) is 6.13. The first-order chi connectivity index (χ1) is 12.5. The van der Waals surface area contributed by atoms with Crippen molar-refractivity contribution in [3.8, 4) is 0 Å². The van der Waals surface area contributed by atoms with Gasteiger partial charge in [-0.15, -0.1) is 0 Å². The molecule has 0 spiro atoms. The molecule has 4 heteroatoms. The summed E-state index contributed by atoms with van der Waals surface area (Å²) in [7, 11) is 0. The molecule has 0 aromatic heterocycles. The number of rotatable bonds is 9. The number of amides is 1. The molecule has 2 aromatic rings. The lowest BCUT2D eigenvalue weighted by molar-refractivity contribution is -0.692. The topological polar surface area (TPSA) is 62.8 Å². The fourth-order valence-electron chi connectivity index (χ4n) is 3.10. The fourth-order valence-corrected chi connectivity index (χ4v) is 3.10. The summed E-state index contributed by atoms with van der Waals surface area (Å²) >= 11 is 0. The van der Waals surface area contributed by atoms with E-state index in [1.165, 1.54) is 12.5 Å². The minimum absolute atomic E-state index is 0.0225. The van der Waals surface area contributed by atoms with E-state index in [0.29, 0.717) is 18.9 Å². The molecule has 138 valence electrons. The Bertz CT molecular complexity index is 699. The minimum Gasteiger partial charge on any atom is -0.341 e. The van der Waals surface area contributed by atoms with Crippen molar-refractivity contribution in [1.29, 1.82) is 0 Å². The molecular formula is C22H29N2O2+. The van der Waals surface area contributed by atoms with Crippen molar-refractivity contribution in [2.75, 3.05) is 6.54 Å². The summed E-state index contributed by atoms with van der Waals surface area (Å²) in [5, 5.41) is 4.94. The van der Waals surface area contributed by atoms with E-state index in [2.05, 4.69) is 36.6 Å². The van der Waals surface area contributed by atoms with E-state index >= 15 is 0 Å². The normalized spacial score (nSPS) is 13.2. The Balaban J connectivity index is 1.93. The van der Waals surface area contributed by atoms with Crippen LogP contribution in [0, 0.1) is 5.92 Å². The summed E-state index contributed by atoms with van der Waals surface area (Å²) in [4.78, 5) is 24.3. The summed E-state index contributed by atoms with van der Waals surface area (Å²) < 4.78 is 0. The molecule has 2 rings (SSSR count). The highest BCUT2D eigenvalue weighted by molar-refractivity contribution is 5.88. The van der Waals surface area contributed by atoms with Gasteiger partial charge in [-0.2, -0.15) is 0 Å². The van der Waals surface area contributed by atoms with E-state index in [1.807, 2.05) is 48.5 Å². The predicted molar refractivity (Wildman–Crippen MR) is 104 cm³/mol. The molecule has 26 heavy (non-hydrogen) atoms. The van der Waals surface area contributed by atoms with Gasteiger partial charge in [-0.3, -0.25) is 9.59 Å². The number of nitrogens with two attached hydrogens (primary N) is 1. The van der Waals surface area contributed by atoms with Gasteiger partial charge >= 0.3 is 0 Å². The Labute approximate surface area is 156 Å². The molecule has 0 bridgehead atoms. The Hall–Kier alpha value is -2.46. The third-order valence-corrected chi connectivity index (χ3v) is 4.57. The molecule has 0 aliphatic heterocycles. The van der Waals surface area contributed by atoms with Gasteiger partial charge in [0.1, 0.15) is 6.04 Å². The average Bonchev–Trinajstić information content (AvgIpc) is 2.62. The van der Waals surface area contributed by atoms with Crippen molar-refractivity contribution in [1.82, 2.24) is 5.32 Å². The fraction of sp³-hybridized carbons (Fsp3) is 0.364. The van der Waals surface area contributed by atoms with E-state index in [0.717, 1.165) is 5.56 Å². The molecule has 4 nitrogen and oxygen atoms in total. The first-order valence-electron chi connectivity index (χ1n) is 9.19. The predicted octanol–water partition coefficient (Wildman–Crippen LogP) is 2.26. The summed E-state index contributed by atoms with van der Waals surface area (Å²) in [6.07, 6.45) is 0.522. The van der Waals surface area contributed by atoms with Crippen molar-refractivity contribution in [3.63, 3.8) is 0 Å². The number of carbonyl (C=O) groups excluding carboxylic acids is 2. The van der Waals surface area contributed by atoms with Gasteiger partial charge in [0.15, 0.2) is 12.3 Å². The molecule has 0 aliphatic rings. The van der Waals surface area contributed by atoms with Gasteiger partial charge in [0.05, 0.1) is 6.04 Å². The van der Waals surface area contributed by atoms with Crippen LogP contribution in [0.2, 0.25) is 0 Å². The number of ketones is 1. The van der Waals surface area contributed by atoms with Crippen LogP contribution >= 0.6 is 0 Å². The summed E-state index contributed by atoms with van der Waals surface area (Å²) in [5.74, 6) is 0.270. The molecular weight excluding hydrogens is 324 g/mol. The Morgan fingerprint density at radius 2 is 1.54 bits per heavy atom. The van der Waals surface area contributed by atoms with Gasteiger partial charge in [0, 0.05) is 11.5 Å². The molecule has 1 amide bonds. The monoisotopic (exact) mass is 353 g/mol. The van der Waals surface area contributed by atoms with E-state index in [-0.39, 0.29) is 17.7 Å². The maximum absolute atomic E-state index is 12.4. The molecule has 3 N–H and O–H groups in total. The number of benzene rings is 2. The zero-order chi connectivity index (χ0) is 18.9. The van der Waals surface area contributed by atoms with Gasteiger partial charge in [-0.25, -0.2) is 0 Å². The van der Waals surface area contributed by atoms with E-state index in [9.17, 15) is 9.59 Å². The van der Waals surface area contributed by atoms with E-state index in [4.69, 9.17) is 0 Å². The van der Waals surface area contributed by atoms with E-state index in [1.54, 1.807) is 0 Å². The highest BCUT2D eigenvalue weighted by atomic mass is 16.2. The zero-order valence-electron chi connectivity index (χ0n) is 15.8. The van der Waals surface area contributed by atoms with Gasteiger partial charge in [-0.1, -0.05) is 74.5 Å². The van der Waals surface area contributed by atoms with Crippen molar-refractivity contribution >= 4 is 11.7 Å². The Morgan fingerprint density at radius 3 is 2.08 bits per heavy atom. The van der Waals surface area contributed by atoms with Crippen LogP contribution in [0.15, 0.2) is 60.7 Å². The number of Topliss-reactive ketones (excluding diaryl/α,β-unsaturated/α-hetero) is 1. The van der Waals surface area contributed by atoms with Gasteiger partial charge in [0.2, 0.25) is 0 Å². The van der Waals surface area contributed by atoms with Crippen LogP contribution in [-0.4, -0.2) is 24.3 Å². The molecule has 2 atom stereocenters. The highest BCUT2D eigenvalue weighted by Gasteiger charge is 2.22. The number of carbonyl (C=O) groups is 2. The summed E-state index contributed by atoms with van der Waals surface area (Å²) in [5.41, 5.74) is 2.25. The largest absolute Gasteiger partial charge is 0.341 e. The number of nitrogens with one attached hydrogen (secondary N) is 1. The second kappa shape index (κ2) is 9.88. The van der Waals surface area contributed by atoms with Crippen LogP contribution in [0.4, 0.5) is 0 Å². The van der Waals surface area contributed by atoms with Crippen molar-refractivity contribution < 1.29 is 14.9 Å². The van der Waals surface area contributed by atoms with Crippen molar-refractivity contribution in [3.05, 3.63) is 71.8 Å². The summed E-state index contributed by atoms with van der Waals surface area (Å²) in [6, 6.07) is 19.7. The lowest BCUT2D eigenvalue weighted by atomic mass is 9.96. The van der Waals surface area contributed by atoms with Crippen LogP contribution in [0.5, 0.6) is 0 Å². The molecule has 2 aromatic carbocycles. The minimum atomic E-state index is -0.479. The Kier molecular flexibility index (Phi) is 7.54. The van der Waals surface area contributed by atoms with Crippen molar-refractivity contribution in [2.45, 2.75) is 39.3 Å². The van der Waals surface area contributed by atoms with Crippen LogP contribution < -0.4 is 10.6 Å². The van der Waals surface area contributed by atoms with Gasteiger partial charge in [-0.05, 0) is 18.9 Å². The average molecular weight is 353 g/mol. The molecule has 0 heterocycles. The van der Waals surface area contributed by atoms with Crippen LogP contribution in [-0.2, 0) is 16.0 Å². The first kappa shape index (κ1) is 19.9. The SMILES string of the molecule is CC(=O)[C@@H](Cc1ccccc1)NC(=O)C[NH2+][C@@H](c1ccccc1)C(C)C. The standard InChI is InChI=1S/C22H28N2O2/c1-16(2)22(19-12-8-5-9-13-19)23-15-21(26)24-20(17(3)25)14-18-10-6-4-7-11-18/h4-13,16,20,22-23H,14-15H2,1-3H3,(H,24,26)/p+1/t20-,22-/m1/s1. The third kappa shape index (κ3) is 6.12. The van der Waals surface area contributed by atoms with Gasteiger partial charge in [0.25, 0.3) is 5.91 Å². The van der Waals surface area contributed by atoms with Gasteiger partial charge < -0.3 is 10.6 Å². The first-order valence-corrected chi connectivity index (χ1v) is 9.19. The van der Waals surface area contributed by atoms with Crippen LogP contribution in [0.1, 0.15) is 37.9 Å². The van der Waals surface area contributed by atoms with E-state index < -0.39 is 6.04 Å². The lowest BCUT2D eigenvalue weighted by Crippen LogP contribution is -2.88. The van der Waals surface area contributed by atoms with Crippen LogP contribution in [0.3, 0.4) is 0 Å². The molecule has 0 saturated carbocycles. The number of quaternary nitrogens is 1. The number of hydrogen-bond donors (Lipinski definition) is 2. The Morgan fingerprint density at radius 1 is 0.962 bits per heavy atom. The van der Waals surface area contributed by atoms with Crippen molar-refractivity contribution in [2.24, 2.45) is 5.92 Å². The second-order valence-corrected chi connectivity index (χ2v) is 7.04.